The van der Waals surface area contributed by atoms with Crippen LogP contribution in [0.15, 0.2) is 34.8 Å². The van der Waals surface area contributed by atoms with E-state index < -0.39 is 10.0 Å². The molecule has 0 aliphatic rings. The largest absolute Gasteiger partial charge is 0.272 e. The third-order valence-corrected chi connectivity index (χ3v) is 5.95. The molecule has 0 atom stereocenters. The third-order valence-electron chi connectivity index (χ3n) is 3.10. The van der Waals surface area contributed by atoms with Crippen LogP contribution in [0, 0.1) is 20.8 Å². The number of anilines is 1. The number of nitrogens with one attached hydrogen (secondary N) is 1. The molecule has 3 aromatic heterocycles. The Morgan fingerprint density at radius 3 is 2.52 bits per heavy atom. The normalized spacial score (nSPS) is 11.6. The number of rotatable bonds is 4. The predicted octanol–water partition coefficient (Wildman–Crippen LogP) is 2.45. The Kier molecular flexibility index (Phi) is 3.90. The molecular formula is C14H15N5O2S2. The Morgan fingerprint density at radius 2 is 1.91 bits per heavy atom. The molecule has 1 N–H and O–H groups in total. The molecule has 0 saturated heterocycles. The lowest BCUT2D eigenvalue weighted by molar-refractivity contribution is 0.603. The van der Waals surface area contributed by atoms with E-state index in [2.05, 4.69) is 19.8 Å². The highest BCUT2D eigenvalue weighted by Crippen LogP contribution is 2.23. The highest BCUT2D eigenvalue weighted by Gasteiger charge is 2.17. The fraction of sp³-hybridized carbons (Fsp3) is 0.214. The lowest BCUT2D eigenvalue weighted by Crippen LogP contribution is -2.13. The highest BCUT2D eigenvalue weighted by atomic mass is 32.2. The summed E-state index contributed by atoms with van der Waals surface area (Å²) in [7, 11) is -3.65. The van der Waals surface area contributed by atoms with Crippen molar-refractivity contribution in [1.29, 1.82) is 0 Å². The van der Waals surface area contributed by atoms with Crippen LogP contribution < -0.4 is 4.72 Å². The molecule has 120 valence electrons. The van der Waals surface area contributed by atoms with Gasteiger partial charge in [0.05, 0.1) is 5.69 Å². The highest BCUT2D eigenvalue weighted by molar-refractivity contribution is 7.94. The number of aryl methyl sites for hydroxylation is 3. The second kappa shape index (κ2) is 5.74. The summed E-state index contributed by atoms with van der Waals surface area (Å²) in [6.07, 6.45) is 1.31. The second-order valence-electron chi connectivity index (χ2n) is 5.07. The monoisotopic (exact) mass is 349 g/mol. The fourth-order valence-electron chi connectivity index (χ4n) is 2.12. The van der Waals surface area contributed by atoms with Crippen molar-refractivity contribution >= 4 is 27.2 Å². The first kappa shape index (κ1) is 15.6. The maximum atomic E-state index is 12.4. The number of sulfonamides is 1. The van der Waals surface area contributed by atoms with E-state index in [4.69, 9.17) is 0 Å². The van der Waals surface area contributed by atoms with Crippen LogP contribution in [0.1, 0.15) is 16.3 Å². The minimum atomic E-state index is -3.65. The van der Waals surface area contributed by atoms with Crippen molar-refractivity contribution in [3.63, 3.8) is 0 Å². The molecule has 23 heavy (non-hydrogen) atoms. The van der Waals surface area contributed by atoms with Crippen LogP contribution in [0.4, 0.5) is 5.82 Å². The second-order valence-corrected chi connectivity index (χ2v) is 8.27. The van der Waals surface area contributed by atoms with Gasteiger partial charge in [-0.3, -0.25) is 4.72 Å². The summed E-state index contributed by atoms with van der Waals surface area (Å²) in [6.45, 7) is 5.64. The maximum absolute atomic E-state index is 12.4. The first-order valence-electron chi connectivity index (χ1n) is 6.80. The zero-order valence-electron chi connectivity index (χ0n) is 12.8. The first-order valence-corrected chi connectivity index (χ1v) is 9.10. The Labute approximate surface area is 138 Å². The van der Waals surface area contributed by atoms with Gasteiger partial charge in [0.15, 0.2) is 5.82 Å². The van der Waals surface area contributed by atoms with E-state index >= 15 is 0 Å². The van der Waals surface area contributed by atoms with Gasteiger partial charge in [-0.15, -0.1) is 11.3 Å². The Bertz CT molecular complexity index is 959. The molecule has 0 spiro atoms. The zero-order chi connectivity index (χ0) is 16.6. The van der Waals surface area contributed by atoms with Gasteiger partial charge < -0.3 is 0 Å². The van der Waals surface area contributed by atoms with Crippen molar-refractivity contribution in [2.24, 2.45) is 0 Å². The predicted molar refractivity (Wildman–Crippen MR) is 88.5 cm³/mol. The van der Waals surface area contributed by atoms with Crippen LogP contribution in [0.2, 0.25) is 0 Å². The fourth-order valence-corrected chi connectivity index (χ4v) is 4.41. The summed E-state index contributed by atoms with van der Waals surface area (Å²) < 4.78 is 29.1. The molecule has 0 aromatic carbocycles. The summed E-state index contributed by atoms with van der Waals surface area (Å²) >= 11 is 1.21. The topological polar surface area (TPSA) is 89.8 Å². The van der Waals surface area contributed by atoms with E-state index in [-0.39, 0.29) is 10.0 Å². The van der Waals surface area contributed by atoms with Crippen molar-refractivity contribution in [2.75, 3.05) is 4.72 Å². The first-order chi connectivity index (χ1) is 10.8. The van der Waals surface area contributed by atoms with Crippen LogP contribution in [-0.2, 0) is 10.0 Å². The molecule has 9 heteroatoms. The summed E-state index contributed by atoms with van der Waals surface area (Å²) in [5.41, 5.74) is 1.76. The van der Waals surface area contributed by atoms with Gasteiger partial charge in [0.2, 0.25) is 0 Å². The quantitative estimate of drug-likeness (QED) is 0.781. The van der Waals surface area contributed by atoms with Crippen LogP contribution in [-0.4, -0.2) is 28.2 Å². The SMILES string of the molecule is Cc1cc(C)n(-c2cc(NS(=O)(=O)c3ccc(C)s3)ncn2)n1. The van der Waals surface area contributed by atoms with Gasteiger partial charge in [-0.25, -0.2) is 23.1 Å². The van der Waals surface area contributed by atoms with Gasteiger partial charge >= 0.3 is 0 Å². The van der Waals surface area contributed by atoms with E-state index in [1.807, 2.05) is 26.8 Å². The lowest BCUT2D eigenvalue weighted by Gasteiger charge is -2.07. The lowest BCUT2D eigenvalue weighted by atomic mass is 10.4. The standard InChI is InChI=1S/C14H15N5O2S2/c1-9-6-10(2)19(17-9)13-7-12(15-8-16-13)18-23(20,21)14-5-4-11(3)22-14/h4-8H,1-3H3,(H,15,16,18). The van der Waals surface area contributed by atoms with E-state index in [1.54, 1.807) is 22.9 Å². The summed E-state index contributed by atoms with van der Waals surface area (Å²) in [5, 5.41) is 4.33. The smallest absolute Gasteiger partial charge is 0.263 e. The molecule has 0 fully saturated rings. The van der Waals surface area contributed by atoms with Gasteiger partial charge in [0.25, 0.3) is 10.0 Å². The van der Waals surface area contributed by atoms with Gasteiger partial charge in [-0.05, 0) is 39.0 Å². The molecule has 0 saturated carbocycles. The van der Waals surface area contributed by atoms with Gasteiger partial charge in [-0.2, -0.15) is 5.10 Å². The zero-order valence-corrected chi connectivity index (χ0v) is 14.4. The molecule has 0 bridgehead atoms. The van der Waals surface area contributed by atoms with E-state index in [9.17, 15) is 8.42 Å². The van der Waals surface area contributed by atoms with Crippen molar-refractivity contribution in [1.82, 2.24) is 19.7 Å². The average molecular weight is 349 g/mol. The summed E-state index contributed by atoms with van der Waals surface area (Å²) in [6, 6.07) is 6.81. The van der Waals surface area contributed by atoms with Crippen LogP contribution in [0.5, 0.6) is 0 Å². The Morgan fingerprint density at radius 1 is 1.13 bits per heavy atom. The van der Waals surface area contributed by atoms with Crippen LogP contribution in [0.3, 0.4) is 0 Å². The molecular weight excluding hydrogens is 334 g/mol. The molecule has 0 radical (unpaired) electrons. The number of hydrogen-bond acceptors (Lipinski definition) is 6. The molecule has 3 aromatic rings. The van der Waals surface area contributed by atoms with Gasteiger partial charge in [0.1, 0.15) is 16.4 Å². The Hall–Kier alpha value is -2.26. The van der Waals surface area contributed by atoms with E-state index in [1.165, 1.54) is 17.7 Å². The number of hydrogen-bond donors (Lipinski definition) is 1. The molecule has 0 aliphatic heterocycles. The van der Waals surface area contributed by atoms with Crippen molar-refractivity contribution in [2.45, 2.75) is 25.0 Å². The van der Waals surface area contributed by atoms with Crippen molar-refractivity contribution in [3.05, 3.63) is 46.9 Å². The van der Waals surface area contributed by atoms with E-state index in [0.717, 1.165) is 16.3 Å². The number of thiophene rings is 1. The number of nitrogens with zero attached hydrogens (tertiary/aromatic N) is 4. The average Bonchev–Trinajstić information content (AvgIpc) is 3.05. The molecule has 0 aliphatic carbocycles. The van der Waals surface area contributed by atoms with Gasteiger partial charge in [0, 0.05) is 16.6 Å². The van der Waals surface area contributed by atoms with Crippen molar-refractivity contribution < 1.29 is 8.42 Å². The minimum Gasteiger partial charge on any atom is -0.263 e. The van der Waals surface area contributed by atoms with Crippen LogP contribution >= 0.6 is 11.3 Å². The third kappa shape index (κ3) is 3.25. The van der Waals surface area contributed by atoms with Crippen molar-refractivity contribution in [3.8, 4) is 5.82 Å². The van der Waals surface area contributed by atoms with E-state index in [0.29, 0.717) is 5.82 Å². The molecule has 3 rings (SSSR count). The summed E-state index contributed by atoms with van der Waals surface area (Å²) in [4.78, 5) is 9.06. The summed E-state index contributed by atoms with van der Waals surface area (Å²) in [5.74, 6) is 0.708. The van der Waals surface area contributed by atoms with Gasteiger partial charge in [-0.1, -0.05) is 0 Å². The minimum absolute atomic E-state index is 0.202. The Balaban J connectivity index is 1.93. The van der Waals surface area contributed by atoms with Crippen LogP contribution in [0.25, 0.3) is 5.82 Å². The number of aromatic nitrogens is 4. The molecule has 7 nitrogen and oxygen atoms in total. The molecule has 0 unspecified atom stereocenters. The molecule has 3 heterocycles. The maximum Gasteiger partial charge on any atom is 0.272 e. The molecule has 0 amide bonds.